The Morgan fingerprint density at radius 1 is 1.36 bits per heavy atom. The summed E-state index contributed by atoms with van der Waals surface area (Å²) in [6.07, 6.45) is 0. The van der Waals surface area contributed by atoms with E-state index in [1.165, 1.54) is 19.1 Å². The maximum absolute atomic E-state index is 10.5. The Balaban J connectivity index is 3.01. The Kier molecular flexibility index (Phi) is 2.71. The zero-order chi connectivity index (χ0) is 10.7. The molecule has 0 atom stereocenters. The number of carbonyl (C=O) groups excluding carboxylic acids is 1. The van der Waals surface area contributed by atoms with Crippen molar-refractivity contribution in [2.45, 2.75) is 6.92 Å². The van der Waals surface area contributed by atoms with Gasteiger partial charge in [-0.05, 0) is 18.2 Å². The molecule has 1 aromatic carbocycles. The molecule has 0 radical (unpaired) electrons. The molecule has 0 aliphatic heterocycles. The van der Waals surface area contributed by atoms with E-state index in [1.807, 2.05) is 0 Å². The van der Waals surface area contributed by atoms with Crippen LogP contribution in [0.5, 0.6) is 11.5 Å². The molecule has 2 N–H and O–H groups in total. The Bertz CT molecular complexity index is 383. The SMILES string of the molecule is CC(=O)Oc1ccc(C(=O)O)cc1O. The third-order valence-corrected chi connectivity index (χ3v) is 1.46. The highest BCUT2D eigenvalue weighted by Gasteiger charge is 2.09. The standard InChI is InChI=1S/C9H8O5/c1-5(10)14-8-3-2-6(9(12)13)4-7(8)11/h2-4,11H,1H3,(H,12,13). The van der Waals surface area contributed by atoms with Gasteiger partial charge >= 0.3 is 11.9 Å². The highest BCUT2D eigenvalue weighted by molar-refractivity contribution is 5.88. The molecule has 5 nitrogen and oxygen atoms in total. The minimum atomic E-state index is -1.16. The van der Waals surface area contributed by atoms with Crippen LogP contribution in [0.2, 0.25) is 0 Å². The minimum Gasteiger partial charge on any atom is -0.504 e. The second-order valence-corrected chi connectivity index (χ2v) is 2.58. The molecular formula is C9H8O5. The van der Waals surface area contributed by atoms with E-state index in [9.17, 15) is 14.7 Å². The van der Waals surface area contributed by atoms with Crippen molar-refractivity contribution in [3.8, 4) is 11.5 Å². The van der Waals surface area contributed by atoms with E-state index < -0.39 is 11.9 Å². The average molecular weight is 196 g/mol. The highest BCUT2D eigenvalue weighted by Crippen LogP contribution is 2.26. The fraction of sp³-hybridized carbons (Fsp3) is 0.111. The first-order valence-corrected chi connectivity index (χ1v) is 3.75. The van der Waals surface area contributed by atoms with E-state index in [1.54, 1.807) is 0 Å². The van der Waals surface area contributed by atoms with Gasteiger partial charge in [-0.3, -0.25) is 4.79 Å². The van der Waals surface area contributed by atoms with Crippen LogP contribution in [0.1, 0.15) is 17.3 Å². The molecule has 0 aliphatic carbocycles. The van der Waals surface area contributed by atoms with E-state index in [0.29, 0.717) is 0 Å². The molecule has 0 amide bonds. The van der Waals surface area contributed by atoms with Crippen molar-refractivity contribution in [1.29, 1.82) is 0 Å². The van der Waals surface area contributed by atoms with Crippen molar-refractivity contribution in [1.82, 2.24) is 0 Å². The molecule has 0 fully saturated rings. The number of rotatable bonds is 2. The molecule has 1 aromatic rings. The zero-order valence-electron chi connectivity index (χ0n) is 7.35. The lowest BCUT2D eigenvalue weighted by molar-refractivity contribution is -0.132. The van der Waals surface area contributed by atoms with Crippen LogP contribution in [0.15, 0.2) is 18.2 Å². The second-order valence-electron chi connectivity index (χ2n) is 2.58. The van der Waals surface area contributed by atoms with E-state index in [0.717, 1.165) is 6.07 Å². The number of hydrogen-bond acceptors (Lipinski definition) is 4. The molecule has 74 valence electrons. The fourth-order valence-electron chi connectivity index (χ4n) is 0.892. The lowest BCUT2D eigenvalue weighted by atomic mass is 10.2. The summed E-state index contributed by atoms with van der Waals surface area (Å²) in [6, 6.07) is 3.47. The Morgan fingerprint density at radius 3 is 2.43 bits per heavy atom. The van der Waals surface area contributed by atoms with Crippen LogP contribution < -0.4 is 4.74 Å². The number of carbonyl (C=O) groups is 2. The van der Waals surface area contributed by atoms with Crippen LogP contribution in [0, 0.1) is 0 Å². The molecule has 0 aliphatic rings. The third kappa shape index (κ3) is 2.22. The van der Waals surface area contributed by atoms with Crippen LogP contribution in [0.3, 0.4) is 0 Å². The maximum Gasteiger partial charge on any atom is 0.335 e. The molecule has 0 saturated heterocycles. The lowest BCUT2D eigenvalue weighted by Crippen LogP contribution is -2.02. The van der Waals surface area contributed by atoms with Gasteiger partial charge in [-0.25, -0.2) is 4.79 Å². The van der Waals surface area contributed by atoms with Gasteiger partial charge in [0.2, 0.25) is 0 Å². The number of ether oxygens (including phenoxy) is 1. The molecule has 0 aromatic heterocycles. The van der Waals surface area contributed by atoms with E-state index in [2.05, 4.69) is 4.74 Å². The van der Waals surface area contributed by atoms with Gasteiger partial charge in [0, 0.05) is 6.92 Å². The van der Waals surface area contributed by atoms with Crippen molar-refractivity contribution in [3.05, 3.63) is 23.8 Å². The summed E-state index contributed by atoms with van der Waals surface area (Å²) in [5.74, 6) is -2.17. The molecular weight excluding hydrogens is 188 g/mol. The summed E-state index contributed by atoms with van der Waals surface area (Å²) in [7, 11) is 0. The summed E-state index contributed by atoms with van der Waals surface area (Å²) in [4.78, 5) is 21.0. The number of esters is 1. The van der Waals surface area contributed by atoms with Crippen LogP contribution >= 0.6 is 0 Å². The Labute approximate surface area is 79.6 Å². The predicted octanol–water partition coefficient (Wildman–Crippen LogP) is 1.02. The van der Waals surface area contributed by atoms with Crippen molar-refractivity contribution in [3.63, 3.8) is 0 Å². The predicted molar refractivity (Wildman–Crippen MR) is 46.4 cm³/mol. The van der Waals surface area contributed by atoms with E-state index >= 15 is 0 Å². The highest BCUT2D eigenvalue weighted by atomic mass is 16.5. The molecule has 0 unspecified atom stereocenters. The average Bonchev–Trinajstić information content (AvgIpc) is 2.07. The molecule has 0 heterocycles. The first-order valence-electron chi connectivity index (χ1n) is 3.75. The maximum atomic E-state index is 10.5. The summed E-state index contributed by atoms with van der Waals surface area (Å²) in [5, 5.41) is 17.8. The number of phenols is 1. The molecule has 14 heavy (non-hydrogen) atoms. The lowest BCUT2D eigenvalue weighted by Gasteiger charge is -2.04. The largest absolute Gasteiger partial charge is 0.504 e. The summed E-state index contributed by atoms with van der Waals surface area (Å²) in [6.45, 7) is 1.19. The number of phenolic OH excluding ortho intramolecular Hbond substituents is 1. The van der Waals surface area contributed by atoms with Gasteiger partial charge in [0.05, 0.1) is 5.56 Å². The fourth-order valence-corrected chi connectivity index (χ4v) is 0.892. The molecule has 0 spiro atoms. The summed E-state index contributed by atoms with van der Waals surface area (Å²) >= 11 is 0. The Morgan fingerprint density at radius 2 is 2.00 bits per heavy atom. The van der Waals surface area contributed by atoms with Crippen LogP contribution in [0.4, 0.5) is 0 Å². The van der Waals surface area contributed by atoms with Gasteiger partial charge in [0.15, 0.2) is 11.5 Å². The van der Waals surface area contributed by atoms with Gasteiger partial charge in [-0.1, -0.05) is 0 Å². The first kappa shape index (κ1) is 10.0. The van der Waals surface area contributed by atoms with Crippen molar-refractivity contribution in [2.75, 3.05) is 0 Å². The normalized spacial score (nSPS) is 9.50. The molecule has 0 bridgehead atoms. The number of benzene rings is 1. The van der Waals surface area contributed by atoms with Crippen LogP contribution in [-0.2, 0) is 4.79 Å². The zero-order valence-corrected chi connectivity index (χ0v) is 7.35. The summed E-state index contributed by atoms with van der Waals surface area (Å²) in [5.41, 5.74) is -0.0709. The van der Waals surface area contributed by atoms with Crippen molar-refractivity contribution < 1.29 is 24.5 Å². The topological polar surface area (TPSA) is 83.8 Å². The number of carboxylic acid groups (broad SMARTS) is 1. The number of hydrogen-bond donors (Lipinski definition) is 2. The van der Waals surface area contributed by atoms with Crippen molar-refractivity contribution >= 4 is 11.9 Å². The van der Waals surface area contributed by atoms with Crippen LogP contribution in [0.25, 0.3) is 0 Å². The number of aromatic hydroxyl groups is 1. The minimum absolute atomic E-state index is 0.0532. The van der Waals surface area contributed by atoms with Gasteiger partial charge in [-0.15, -0.1) is 0 Å². The van der Waals surface area contributed by atoms with Gasteiger partial charge < -0.3 is 14.9 Å². The van der Waals surface area contributed by atoms with E-state index in [-0.39, 0.29) is 17.1 Å². The quantitative estimate of drug-likeness (QED) is 0.544. The monoisotopic (exact) mass is 196 g/mol. The molecule has 0 saturated carbocycles. The first-order chi connectivity index (χ1) is 6.50. The van der Waals surface area contributed by atoms with Gasteiger partial charge in [0.25, 0.3) is 0 Å². The second kappa shape index (κ2) is 3.78. The number of aromatic carboxylic acids is 1. The third-order valence-electron chi connectivity index (χ3n) is 1.46. The van der Waals surface area contributed by atoms with Crippen LogP contribution in [-0.4, -0.2) is 22.2 Å². The Hall–Kier alpha value is -2.04. The number of carboxylic acids is 1. The van der Waals surface area contributed by atoms with E-state index in [4.69, 9.17) is 5.11 Å². The van der Waals surface area contributed by atoms with Gasteiger partial charge in [-0.2, -0.15) is 0 Å². The molecule has 5 heteroatoms. The smallest absolute Gasteiger partial charge is 0.335 e. The van der Waals surface area contributed by atoms with Crippen molar-refractivity contribution in [2.24, 2.45) is 0 Å². The van der Waals surface area contributed by atoms with Gasteiger partial charge in [0.1, 0.15) is 0 Å². The molecule has 1 rings (SSSR count). The summed E-state index contributed by atoms with van der Waals surface area (Å²) < 4.78 is 4.60.